The van der Waals surface area contributed by atoms with E-state index in [1.807, 2.05) is 0 Å². The van der Waals surface area contributed by atoms with Crippen LogP contribution in [0.15, 0.2) is 30.3 Å². The monoisotopic (exact) mass is 388 g/mol. The summed E-state index contributed by atoms with van der Waals surface area (Å²) in [5.74, 6) is 0.479. The summed E-state index contributed by atoms with van der Waals surface area (Å²) in [6.07, 6.45) is -0.190. The highest BCUT2D eigenvalue weighted by Gasteiger charge is 2.46. The molecular weight excluding hydrogens is 376 g/mol. The third-order valence-corrected chi connectivity index (χ3v) is 5.73. The fraction of sp³-hybridized carbons (Fsp3) is 0.278. The number of anilines is 1. The molecule has 2 atom stereocenters. The molecule has 0 bridgehead atoms. The quantitative estimate of drug-likeness (QED) is 0.562. The van der Waals surface area contributed by atoms with Gasteiger partial charge in [0, 0.05) is 6.42 Å². The summed E-state index contributed by atoms with van der Waals surface area (Å²) in [5.41, 5.74) is 1.05. The number of Topliss-reactive ketones (excluding diaryl/α,β-unsaturated/α-hetero) is 1. The van der Waals surface area contributed by atoms with Crippen molar-refractivity contribution in [1.82, 2.24) is 0 Å². The van der Waals surface area contributed by atoms with Gasteiger partial charge in [-0.25, -0.2) is 9.64 Å². The van der Waals surface area contributed by atoms with Crippen molar-refractivity contribution < 1.29 is 19.1 Å². The summed E-state index contributed by atoms with van der Waals surface area (Å²) < 4.78 is 11.8. The molecule has 2 aliphatic heterocycles. The van der Waals surface area contributed by atoms with Crippen LogP contribution in [0.1, 0.15) is 22.5 Å². The van der Waals surface area contributed by atoms with E-state index in [0.29, 0.717) is 32.8 Å². The van der Waals surface area contributed by atoms with Gasteiger partial charge in [0.1, 0.15) is 24.5 Å². The standard InChI is InChI=1S/C18H13ClN2O4S/c1-20-10-2-3-11-15(8-10)24-9-12-14(25-18(23)21(11)12)5-4-13(22)16-6-7-17(19)26-16/h2-3,6-8,12,14H,4-5,9H2/t12-,14-/m0/s1. The van der Waals surface area contributed by atoms with Gasteiger partial charge in [0.05, 0.1) is 21.5 Å². The smallest absolute Gasteiger partial charge is 0.415 e. The molecule has 1 amide bonds. The topological polar surface area (TPSA) is 60.2 Å². The maximum Gasteiger partial charge on any atom is 0.415 e. The highest BCUT2D eigenvalue weighted by Crippen LogP contribution is 2.41. The molecule has 26 heavy (non-hydrogen) atoms. The first-order chi connectivity index (χ1) is 12.6. The maximum atomic E-state index is 12.3. The minimum absolute atomic E-state index is 0.0183. The number of rotatable bonds is 4. The van der Waals surface area contributed by atoms with Crippen LogP contribution < -0.4 is 9.64 Å². The Morgan fingerprint density at radius 3 is 2.96 bits per heavy atom. The zero-order valence-electron chi connectivity index (χ0n) is 13.5. The lowest BCUT2D eigenvalue weighted by atomic mass is 10.0. The molecule has 0 aliphatic carbocycles. The van der Waals surface area contributed by atoms with Gasteiger partial charge >= 0.3 is 6.09 Å². The molecule has 1 fully saturated rings. The van der Waals surface area contributed by atoms with Gasteiger partial charge in [0.15, 0.2) is 11.5 Å². The van der Waals surface area contributed by atoms with Crippen molar-refractivity contribution in [2.45, 2.75) is 25.0 Å². The summed E-state index contributed by atoms with van der Waals surface area (Å²) in [5, 5.41) is 0. The lowest BCUT2D eigenvalue weighted by molar-refractivity contribution is 0.0904. The van der Waals surface area contributed by atoms with Gasteiger partial charge in [-0.05, 0) is 30.7 Å². The SMILES string of the molecule is [C-]#[N+]c1ccc2c(c1)OC[C@H]1[C@H](CCC(=O)c3ccc(Cl)s3)OC(=O)N21. The minimum Gasteiger partial charge on any atom is -0.490 e. The molecule has 8 heteroatoms. The van der Waals surface area contributed by atoms with Crippen LogP contribution in [-0.2, 0) is 4.74 Å². The van der Waals surface area contributed by atoms with Crippen molar-refractivity contribution in [2.75, 3.05) is 11.5 Å². The zero-order chi connectivity index (χ0) is 18.3. The molecule has 2 aliphatic rings. The van der Waals surface area contributed by atoms with E-state index in [9.17, 15) is 9.59 Å². The number of hydrogen-bond donors (Lipinski definition) is 0. The van der Waals surface area contributed by atoms with Crippen LogP contribution >= 0.6 is 22.9 Å². The number of carbonyl (C=O) groups excluding carboxylic acids is 2. The van der Waals surface area contributed by atoms with Gasteiger partial charge in [0.25, 0.3) is 0 Å². The van der Waals surface area contributed by atoms with Crippen molar-refractivity contribution in [3.8, 4) is 5.75 Å². The molecule has 1 saturated heterocycles. The molecule has 1 aromatic heterocycles. The second-order valence-electron chi connectivity index (χ2n) is 6.00. The number of thiophene rings is 1. The first-order valence-corrected chi connectivity index (χ1v) is 9.19. The number of nitrogens with zero attached hydrogens (tertiary/aromatic N) is 2. The Hall–Kier alpha value is -2.56. The molecule has 0 radical (unpaired) electrons. The number of cyclic esters (lactones) is 1. The van der Waals surface area contributed by atoms with Crippen LogP contribution in [0.2, 0.25) is 4.34 Å². The Bertz CT molecular complexity index is 936. The molecule has 0 spiro atoms. The molecule has 3 heterocycles. The van der Waals surface area contributed by atoms with Crippen molar-refractivity contribution >= 4 is 46.2 Å². The summed E-state index contributed by atoms with van der Waals surface area (Å²) in [6, 6.07) is 8.06. The highest BCUT2D eigenvalue weighted by molar-refractivity contribution is 7.18. The maximum absolute atomic E-state index is 12.3. The first-order valence-electron chi connectivity index (χ1n) is 7.99. The summed E-state index contributed by atoms with van der Waals surface area (Å²) in [4.78, 5) is 30.1. The van der Waals surface area contributed by atoms with Gasteiger partial charge in [-0.3, -0.25) is 9.69 Å². The fourth-order valence-electron chi connectivity index (χ4n) is 3.20. The van der Waals surface area contributed by atoms with Gasteiger partial charge in [-0.2, -0.15) is 0 Å². The number of ketones is 1. The second-order valence-corrected chi connectivity index (χ2v) is 7.72. The van der Waals surface area contributed by atoms with E-state index in [4.69, 9.17) is 27.6 Å². The number of hydrogen-bond acceptors (Lipinski definition) is 5. The number of fused-ring (bicyclic) bond motifs is 3. The Labute approximate surface area is 158 Å². The van der Waals surface area contributed by atoms with Crippen molar-refractivity contribution in [3.63, 3.8) is 0 Å². The molecule has 2 aromatic rings. The van der Waals surface area contributed by atoms with Gasteiger partial charge in [-0.1, -0.05) is 17.7 Å². The fourth-order valence-corrected chi connectivity index (χ4v) is 4.21. The number of amides is 1. The number of halogens is 1. The van der Waals surface area contributed by atoms with E-state index >= 15 is 0 Å². The average molecular weight is 389 g/mol. The van der Waals surface area contributed by atoms with Crippen LogP contribution in [0.3, 0.4) is 0 Å². The van der Waals surface area contributed by atoms with Crippen LogP contribution in [0, 0.1) is 6.57 Å². The lowest BCUT2D eigenvalue weighted by Gasteiger charge is -2.31. The molecule has 0 saturated carbocycles. The predicted octanol–water partition coefficient (Wildman–Crippen LogP) is 4.70. The molecule has 4 rings (SSSR count). The van der Waals surface area contributed by atoms with E-state index < -0.39 is 12.2 Å². The molecule has 0 unspecified atom stereocenters. The van der Waals surface area contributed by atoms with Crippen LogP contribution in [0.5, 0.6) is 5.75 Å². The molecule has 0 N–H and O–H groups in total. The Balaban J connectivity index is 1.48. The average Bonchev–Trinajstić information content (AvgIpc) is 3.22. The van der Waals surface area contributed by atoms with Crippen LogP contribution in [0.4, 0.5) is 16.2 Å². The van der Waals surface area contributed by atoms with Crippen LogP contribution in [0.25, 0.3) is 4.85 Å². The van der Waals surface area contributed by atoms with E-state index in [1.54, 1.807) is 35.2 Å². The van der Waals surface area contributed by atoms with Gasteiger partial charge in [0.2, 0.25) is 0 Å². The van der Waals surface area contributed by atoms with E-state index in [0.717, 1.165) is 0 Å². The normalized spacial score (nSPS) is 20.6. The van der Waals surface area contributed by atoms with Gasteiger partial charge < -0.3 is 9.47 Å². The third-order valence-electron chi connectivity index (χ3n) is 4.46. The molecule has 132 valence electrons. The van der Waals surface area contributed by atoms with Crippen LogP contribution in [-0.4, -0.2) is 30.6 Å². The Morgan fingerprint density at radius 1 is 1.38 bits per heavy atom. The zero-order valence-corrected chi connectivity index (χ0v) is 15.0. The van der Waals surface area contributed by atoms with E-state index in [-0.39, 0.29) is 24.9 Å². The van der Waals surface area contributed by atoms with Crippen molar-refractivity contribution in [1.29, 1.82) is 0 Å². The third kappa shape index (κ3) is 2.91. The summed E-state index contributed by atoms with van der Waals surface area (Å²) in [6.45, 7) is 7.34. The largest absolute Gasteiger partial charge is 0.490 e. The van der Waals surface area contributed by atoms with E-state index in [2.05, 4.69) is 4.85 Å². The first kappa shape index (κ1) is 16.9. The number of benzene rings is 1. The molecular formula is C18H13ClN2O4S. The van der Waals surface area contributed by atoms with Crippen molar-refractivity contribution in [2.24, 2.45) is 0 Å². The van der Waals surface area contributed by atoms with Gasteiger partial charge in [-0.15, -0.1) is 11.3 Å². The molecule has 1 aromatic carbocycles. The van der Waals surface area contributed by atoms with E-state index in [1.165, 1.54) is 11.3 Å². The summed E-state index contributed by atoms with van der Waals surface area (Å²) >= 11 is 7.11. The van der Waals surface area contributed by atoms with Crippen molar-refractivity contribution in [3.05, 3.63) is 51.0 Å². The number of carbonyl (C=O) groups is 2. The Kier molecular flexibility index (Phi) is 4.31. The lowest BCUT2D eigenvalue weighted by Crippen LogP contribution is -2.44. The predicted molar refractivity (Wildman–Crippen MR) is 97.6 cm³/mol. The second kappa shape index (κ2) is 6.63. The highest BCUT2D eigenvalue weighted by atomic mass is 35.5. The summed E-state index contributed by atoms with van der Waals surface area (Å²) in [7, 11) is 0. The minimum atomic E-state index is -0.452. The molecule has 6 nitrogen and oxygen atoms in total. The number of ether oxygens (including phenoxy) is 2. The Morgan fingerprint density at radius 2 is 2.23 bits per heavy atom.